The van der Waals surface area contributed by atoms with E-state index < -0.39 is 0 Å². The van der Waals surface area contributed by atoms with Gasteiger partial charge in [-0.3, -0.25) is 0 Å². The molecule has 1 unspecified atom stereocenters. The van der Waals surface area contributed by atoms with Crippen LogP contribution in [0.1, 0.15) is 6.92 Å². The summed E-state index contributed by atoms with van der Waals surface area (Å²) in [5, 5.41) is 0. The number of hydrogen-bond acceptors (Lipinski definition) is 3. The molecular weight excluding hydrogens is 118 g/mol. The quantitative estimate of drug-likeness (QED) is 0.537. The van der Waals surface area contributed by atoms with Crippen LogP contribution in [0.3, 0.4) is 0 Å². The molecule has 0 aromatic carbocycles. The first-order valence-electron chi connectivity index (χ1n) is 2.84. The smallest absolute Gasteiger partial charge is 0.417 e. The zero-order valence-electron chi connectivity index (χ0n) is 6.05. The molecule has 0 aromatic heterocycles. The van der Waals surface area contributed by atoms with Crippen molar-refractivity contribution in [3.05, 3.63) is 0 Å². The maximum absolute atomic E-state index is 9.63. The highest BCUT2D eigenvalue weighted by molar-refractivity contribution is 5.38. The largest absolute Gasteiger partial charge is 0.453 e. The average Bonchev–Trinajstić information content (AvgIpc) is 1.63. The minimum atomic E-state index is -0.0579. The second-order valence-corrected chi connectivity index (χ2v) is 2.27. The van der Waals surface area contributed by atoms with Crippen molar-refractivity contribution in [1.82, 2.24) is 4.90 Å². The molecule has 53 valence electrons. The van der Waals surface area contributed by atoms with Crippen LogP contribution in [0.4, 0.5) is 0 Å². The molecule has 0 heterocycles. The number of rotatable bonds is 4. The highest BCUT2D eigenvalue weighted by atomic mass is 16.5. The van der Waals surface area contributed by atoms with Gasteiger partial charge in [-0.25, -0.2) is 4.79 Å². The lowest BCUT2D eigenvalue weighted by Gasteiger charge is -2.13. The predicted molar refractivity (Wildman–Crippen MR) is 34.8 cm³/mol. The first-order valence-corrected chi connectivity index (χ1v) is 2.84. The topological polar surface area (TPSA) is 29.5 Å². The maximum atomic E-state index is 9.63. The lowest BCUT2D eigenvalue weighted by Crippen LogP contribution is -2.25. The summed E-state index contributed by atoms with van der Waals surface area (Å²) in [5.74, 6) is 0. The van der Waals surface area contributed by atoms with Crippen molar-refractivity contribution in [3.63, 3.8) is 0 Å². The summed E-state index contributed by atoms with van der Waals surface area (Å²) in [4.78, 5) is 11.6. The highest BCUT2D eigenvalue weighted by Gasteiger charge is 2.01. The molecule has 3 nitrogen and oxygen atoms in total. The molecule has 3 heteroatoms. The number of ether oxygens (including phenoxy) is 1. The lowest BCUT2D eigenvalue weighted by atomic mass is 10.4. The van der Waals surface area contributed by atoms with Crippen molar-refractivity contribution in [2.45, 2.75) is 13.0 Å². The van der Waals surface area contributed by atoms with Gasteiger partial charge in [-0.1, -0.05) is 0 Å². The van der Waals surface area contributed by atoms with E-state index in [0.717, 1.165) is 6.54 Å². The second kappa shape index (κ2) is 4.32. The summed E-state index contributed by atoms with van der Waals surface area (Å²) in [5.41, 5.74) is 0. The Morgan fingerprint density at radius 3 is 2.56 bits per heavy atom. The third-order valence-corrected chi connectivity index (χ3v) is 0.872. The summed E-state index contributed by atoms with van der Waals surface area (Å²) in [7, 11) is 3.84. The van der Waals surface area contributed by atoms with Gasteiger partial charge in [0.05, 0.1) is 0 Å². The van der Waals surface area contributed by atoms with E-state index in [4.69, 9.17) is 0 Å². The van der Waals surface area contributed by atoms with Gasteiger partial charge in [-0.2, -0.15) is 0 Å². The van der Waals surface area contributed by atoms with Gasteiger partial charge in [-0.05, 0) is 21.0 Å². The molecule has 0 rings (SSSR count). The van der Waals surface area contributed by atoms with Gasteiger partial charge in [-0.15, -0.1) is 0 Å². The number of nitrogens with zero attached hydrogens (tertiary/aromatic N) is 1. The van der Waals surface area contributed by atoms with Crippen molar-refractivity contribution in [3.8, 4) is 0 Å². The molecule has 0 spiro atoms. The van der Waals surface area contributed by atoms with E-state index in [1.54, 1.807) is 0 Å². The fourth-order valence-corrected chi connectivity index (χ4v) is 0.634. The molecule has 0 aliphatic carbocycles. The fraction of sp³-hybridized carbons (Fsp3) is 0.833. The molecule has 0 saturated heterocycles. The minimum absolute atomic E-state index is 0.0579. The third kappa shape index (κ3) is 5.30. The molecule has 1 radical (unpaired) electrons. The Balaban J connectivity index is 3.25. The van der Waals surface area contributed by atoms with Crippen LogP contribution in [0.5, 0.6) is 0 Å². The van der Waals surface area contributed by atoms with Gasteiger partial charge >= 0.3 is 6.47 Å². The van der Waals surface area contributed by atoms with Crippen molar-refractivity contribution in [1.29, 1.82) is 0 Å². The standard InChI is InChI=1S/C6H12NO2/c1-6(9-5-8)4-7(2)3/h6H,4H2,1-3H3. The zero-order chi connectivity index (χ0) is 7.28. The van der Waals surface area contributed by atoms with Gasteiger partial charge in [0.2, 0.25) is 0 Å². The van der Waals surface area contributed by atoms with Gasteiger partial charge in [0, 0.05) is 6.54 Å². The number of hydrogen-bond donors (Lipinski definition) is 0. The SMILES string of the molecule is CC(CN(C)C)O[C]=O. The predicted octanol–water partition coefficient (Wildman–Crippen LogP) is 0.0203. The average molecular weight is 130 g/mol. The number of carbonyl (C=O) groups excluding carboxylic acids is 1. The normalized spacial score (nSPS) is 13.3. The van der Waals surface area contributed by atoms with Crippen molar-refractivity contribution >= 4 is 6.47 Å². The van der Waals surface area contributed by atoms with Crippen LogP contribution >= 0.6 is 0 Å². The molecule has 9 heavy (non-hydrogen) atoms. The molecule has 0 aliphatic rings. The van der Waals surface area contributed by atoms with E-state index in [1.165, 1.54) is 6.47 Å². The van der Waals surface area contributed by atoms with E-state index in [0.29, 0.717) is 0 Å². The van der Waals surface area contributed by atoms with Crippen LogP contribution in [0.25, 0.3) is 0 Å². The van der Waals surface area contributed by atoms with E-state index in [-0.39, 0.29) is 6.10 Å². The Morgan fingerprint density at radius 1 is 1.67 bits per heavy atom. The summed E-state index contributed by atoms with van der Waals surface area (Å²) in [6, 6.07) is 0. The molecule has 0 aromatic rings. The van der Waals surface area contributed by atoms with Gasteiger partial charge < -0.3 is 9.64 Å². The third-order valence-electron chi connectivity index (χ3n) is 0.872. The summed E-state index contributed by atoms with van der Waals surface area (Å²) >= 11 is 0. The Labute approximate surface area is 55.6 Å². The Bertz CT molecular complexity index is 83.1. The number of likely N-dealkylation sites (N-methyl/N-ethyl adjacent to an activating group) is 1. The Morgan fingerprint density at radius 2 is 2.22 bits per heavy atom. The summed E-state index contributed by atoms with van der Waals surface area (Å²) in [6.07, 6.45) is -0.0579. The monoisotopic (exact) mass is 130 g/mol. The molecule has 0 fully saturated rings. The zero-order valence-corrected chi connectivity index (χ0v) is 6.05. The lowest BCUT2D eigenvalue weighted by molar-refractivity contribution is 0.157. The van der Waals surface area contributed by atoms with Gasteiger partial charge in [0.1, 0.15) is 6.10 Å². The van der Waals surface area contributed by atoms with Crippen LogP contribution in [0.15, 0.2) is 0 Å². The van der Waals surface area contributed by atoms with Crippen LogP contribution in [0.2, 0.25) is 0 Å². The van der Waals surface area contributed by atoms with Gasteiger partial charge in [0.25, 0.3) is 0 Å². The molecular formula is C6H12NO2. The van der Waals surface area contributed by atoms with E-state index >= 15 is 0 Å². The van der Waals surface area contributed by atoms with Crippen molar-refractivity contribution in [2.24, 2.45) is 0 Å². The Hall–Kier alpha value is -0.570. The first-order chi connectivity index (χ1) is 4.16. The van der Waals surface area contributed by atoms with Crippen LogP contribution < -0.4 is 0 Å². The maximum Gasteiger partial charge on any atom is 0.417 e. The molecule has 0 aliphatic heterocycles. The van der Waals surface area contributed by atoms with Crippen LogP contribution in [-0.2, 0) is 9.53 Å². The van der Waals surface area contributed by atoms with E-state index in [2.05, 4.69) is 4.74 Å². The molecule has 1 atom stereocenters. The molecule has 0 amide bonds. The Kier molecular flexibility index (Phi) is 4.05. The second-order valence-electron chi connectivity index (χ2n) is 2.27. The van der Waals surface area contributed by atoms with Crippen molar-refractivity contribution in [2.75, 3.05) is 20.6 Å². The summed E-state index contributed by atoms with van der Waals surface area (Å²) < 4.78 is 4.51. The summed E-state index contributed by atoms with van der Waals surface area (Å²) in [6.45, 7) is 3.97. The first kappa shape index (κ1) is 8.43. The fourth-order valence-electron chi connectivity index (χ4n) is 0.634. The van der Waals surface area contributed by atoms with E-state index in [9.17, 15) is 4.79 Å². The highest BCUT2D eigenvalue weighted by Crippen LogP contribution is 1.88. The molecule has 0 N–H and O–H groups in total. The molecule has 0 saturated carbocycles. The molecule has 0 bridgehead atoms. The van der Waals surface area contributed by atoms with E-state index in [1.807, 2.05) is 25.9 Å². The van der Waals surface area contributed by atoms with Gasteiger partial charge in [0.15, 0.2) is 0 Å². The van der Waals surface area contributed by atoms with Crippen LogP contribution in [0, 0.1) is 0 Å². The van der Waals surface area contributed by atoms with Crippen molar-refractivity contribution < 1.29 is 9.53 Å². The van der Waals surface area contributed by atoms with Crippen LogP contribution in [-0.4, -0.2) is 38.1 Å². The minimum Gasteiger partial charge on any atom is -0.453 e.